The molecule has 0 aromatic heterocycles. The monoisotopic (exact) mass is 392 g/mol. The molecule has 0 N–H and O–H groups in total. The lowest BCUT2D eigenvalue weighted by Gasteiger charge is -2.45. The molecule has 0 saturated heterocycles. The van der Waals surface area contributed by atoms with Crippen molar-refractivity contribution in [3.8, 4) is 0 Å². The van der Waals surface area contributed by atoms with Crippen LogP contribution in [-0.4, -0.2) is 0 Å². The lowest BCUT2D eigenvalue weighted by atomic mass is 9.60. The van der Waals surface area contributed by atoms with Crippen molar-refractivity contribution in [1.82, 2.24) is 0 Å². The standard InChI is InChI=1S/C26H38F2/c1-2-3-4-18-5-7-19(8-6-18)20-9-10-22-16-23(12-11-21(22)15-20)24-13-14-25(27)26(28)17-24/h13-14,17-23H,2-12,15-16H2,1H3/i5D2,6D2. The summed E-state index contributed by atoms with van der Waals surface area (Å²) in [5.74, 6) is -0.0128. The van der Waals surface area contributed by atoms with Gasteiger partial charge in [-0.05, 0) is 105 Å². The number of halogens is 2. The van der Waals surface area contributed by atoms with Gasteiger partial charge in [0, 0.05) is 5.48 Å². The van der Waals surface area contributed by atoms with Gasteiger partial charge in [-0.1, -0.05) is 45.0 Å². The fraction of sp³-hybridized carbons (Fsp3) is 0.769. The molecule has 1 aromatic carbocycles. The first-order valence-electron chi connectivity index (χ1n) is 13.6. The maximum atomic E-state index is 13.7. The Bertz CT molecular complexity index is 778. The summed E-state index contributed by atoms with van der Waals surface area (Å²) in [5, 5.41) is 0. The van der Waals surface area contributed by atoms with Gasteiger partial charge in [0.2, 0.25) is 0 Å². The van der Waals surface area contributed by atoms with Crippen molar-refractivity contribution in [3.05, 3.63) is 35.4 Å². The molecule has 3 aliphatic carbocycles. The van der Waals surface area contributed by atoms with Gasteiger partial charge in [0.05, 0.1) is 0 Å². The van der Waals surface area contributed by atoms with E-state index in [0.29, 0.717) is 42.9 Å². The van der Waals surface area contributed by atoms with Crippen LogP contribution in [0.25, 0.3) is 0 Å². The Balaban J connectivity index is 1.38. The lowest BCUT2D eigenvalue weighted by Crippen LogP contribution is -2.34. The molecule has 0 radical (unpaired) electrons. The van der Waals surface area contributed by atoms with Crippen LogP contribution >= 0.6 is 0 Å². The van der Waals surface area contributed by atoms with Crippen molar-refractivity contribution < 1.29 is 14.3 Å². The van der Waals surface area contributed by atoms with Crippen molar-refractivity contribution in [2.75, 3.05) is 0 Å². The second-order valence-electron chi connectivity index (χ2n) is 9.55. The highest BCUT2D eigenvalue weighted by Gasteiger charge is 2.39. The summed E-state index contributed by atoms with van der Waals surface area (Å²) < 4.78 is 61.7. The molecule has 4 unspecified atom stereocenters. The maximum Gasteiger partial charge on any atom is 0.159 e. The molecule has 4 atom stereocenters. The van der Waals surface area contributed by atoms with E-state index in [9.17, 15) is 8.78 Å². The molecule has 156 valence electrons. The van der Waals surface area contributed by atoms with Gasteiger partial charge in [-0.2, -0.15) is 0 Å². The summed E-state index contributed by atoms with van der Waals surface area (Å²) in [6.07, 6.45) is 6.96. The predicted octanol–water partition coefficient (Wildman–Crippen LogP) is 8.26. The number of hydrogen-bond acceptors (Lipinski definition) is 0. The summed E-state index contributed by atoms with van der Waals surface area (Å²) in [4.78, 5) is 0. The zero-order valence-corrected chi connectivity index (χ0v) is 17.2. The average Bonchev–Trinajstić information content (AvgIpc) is 2.73. The molecule has 0 spiro atoms. The van der Waals surface area contributed by atoms with Gasteiger partial charge in [0.25, 0.3) is 0 Å². The van der Waals surface area contributed by atoms with E-state index in [0.717, 1.165) is 56.9 Å². The third kappa shape index (κ3) is 4.62. The molecule has 3 fully saturated rings. The van der Waals surface area contributed by atoms with E-state index in [-0.39, 0.29) is 5.92 Å². The molecule has 3 saturated carbocycles. The first-order valence-corrected chi connectivity index (χ1v) is 11.6. The number of hydrogen-bond donors (Lipinski definition) is 0. The molecule has 2 heteroatoms. The van der Waals surface area contributed by atoms with Crippen LogP contribution in [0.2, 0.25) is 0 Å². The first-order chi connectivity index (χ1) is 15.1. The second kappa shape index (κ2) is 9.26. The molecule has 0 bridgehead atoms. The molecule has 0 nitrogen and oxygen atoms in total. The zero-order chi connectivity index (χ0) is 23.1. The van der Waals surface area contributed by atoms with Crippen molar-refractivity contribution in [2.24, 2.45) is 29.6 Å². The highest BCUT2D eigenvalue weighted by molar-refractivity contribution is 5.22. The zero-order valence-electron chi connectivity index (χ0n) is 21.2. The van der Waals surface area contributed by atoms with Crippen LogP contribution in [0.15, 0.2) is 18.2 Å². The van der Waals surface area contributed by atoms with Crippen LogP contribution in [0.1, 0.15) is 107 Å². The summed E-state index contributed by atoms with van der Waals surface area (Å²) in [6, 6.07) is 4.34. The highest BCUT2D eigenvalue weighted by Crippen LogP contribution is 2.51. The second-order valence-corrected chi connectivity index (χ2v) is 9.55. The molecule has 1 aromatic rings. The molecule has 4 rings (SSSR count). The normalized spacial score (nSPS) is 41.8. The summed E-state index contributed by atoms with van der Waals surface area (Å²) in [7, 11) is 0. The van der Waals surface area contributed by atoms with Crippen molar-refractivity contribution in [1.29, 1.82) is 0 Å². The number of unbranched alkanes of at least 4 members (excludes halogenated alkanes) is 1. The Labute approximate surface area is 176 Å². The van der Waals surface area contributed by atoms with E-state index in [4.69, 9.17) is 5.48 Å². The van der Waals surface area contributed by atoms with E-state index in [2.05, 4.69) is 6.92 Å². The summed E-state index contributed by atoms with van der Waals surface area (Å²) in [6.45, 7) is 2.08. The molecule has 28 heavy (non-hydrogen) atoms. The van der Waals surface area contributed by atoms with Gasteiger partial charge < -0.3 is 0 Å². The largest absolute Gasteiger partial charge is 0.204 e. The molecular formula is C26H38F2. The van der Waals surface area contributed by atoms with Crippen molar-refractivity contribution in [3.63, 3.8) is 0 Å². The van der Waals surface area contributed by atoms with Crippen LogP contribution in [0.5, 0.6) is 0 Å². The third-order valence-electron chi connectivity index (χ3n) is 7.83. The molecule has 3 aliphatic rings. The number of rotatable bonds is 5. The molecule has 0 aliphatic heterocycles. The van der Waals surface area contributed by atoms with Crippen LogP contribution in [0.4, 0.5) is 8.78 Å². The van der Waals surface area contributed by atoms with Gasteiger partial charge in [0.1, 0.15) is 0 Å². The summed E-state index contributed by atoms with van der Waals surface area (Å²) in [5.41, 5.74) is 0.913. The van der Waals surface area contributed by atoms with E-state index in [1.807, 2.05) is 0 Å². The Morgan fingerprint density at radius 2 is 1.54 bits per heavy atom. The minimum absolute atomic E-state index is 0.128. The Kier molecular flexibility index (Phi) is 5.25. The van der Waals surface area contributed by atoms with Gasteiger partial charge in [0.15, 0.2) is 11.6 Å². The smallest absolute Gasteiger partial charge is 0.159 e. The Hall–Kier alpha value is -0.920. The average molecular weight is 393 g/mol. The van der Waals surface area contributed by atoms with Crippen molar-refractivity contribution in [2.45, 2.75) is 96.2 Å². The SMILES string of the molecule is [2H]C1([2H])CC(C2CCC3CC(c4ccc(F)c(F)c4)CCC3C2)CC([2H])([2H])C1CCCC. The van der Waals surface area contributed by atoms with E-state index >= 15 is 0 Å². The number of fused-ring (bicyclic) bond motifs is 1. The first kappa shape index (κ1) is 15.9. The minimum atomic E-state index is -1.43. The van der Waals surface area contributed by atoms with Gasteiger partial charge in [-0.15, -0.1) is 0 Å². The molecule has 0 amide bonds. The fourth-order valence-electron chi connectivity index (χ4n) is 6.10. The fourth-order valence-corrected chi connectivity index (χ4v) is 6.10. The van der Waals surface area contributed by atoms with Crippen LogP contribution in [0.3, 0.4) is 0 Å². The Morgan fingerprint density at radius 3 is 2.25 bits per heavy atom. The van der Waals surface area contributed by atoms with Crippen LogP contribution in [-0.2, 0) is 0 Å². The lowest BCUT2D eigenvalue weighted by molar-refractivity contribution is 0.0710. The van der Waals surface area contributed by atoms with Crippen LogP contribution < -0.4 is 0 Å². The minimum Gasteiger partial charge on any atom is -0.204 e. The summed E-state index contributed by atoms with van der Waals surface area (Å²) >= 11 is 0. The third-order valence-corrected chi connectivity index (χ3v) is 7.83. The van der Waals surface area contributed by atoms with E-state index in [1.54, 1.807) is 6.07 Å². The van der Waals surface area contributed by atoms with Gasteiger partial charge >= 0.3 is 0 Å². The Morgan fingerprint density at radius 1 is 0.857 bits per heavy atom. The highest BCUT2D eigenvalue weighted by atomic mass is 19.2. The topological polar surface area (TPSA) is 0 Å². The predicted molar refractivity (Wildman–Crippen MR) is 112 cm³/mol. The maximum absolute atomic E-state index is 13.7. The van der Waals surface area contributed by atoms with Crippen molar-refractivity contribution >= 4 is 0 Å². The van der Waals surface area contributed by atoms with E-state index < -0.39 is 30.3 Å². The number of benzene rings is 1. The van der Waals surface area contributed by atoms with Gasteiger partial charge in [-0.3, -0.25) is 0 Å². The quantitative estimate of drug-likeness (QED) is 0.473. The van der Waals surface area contributed by atoms with Crippen LogP contribution in [0, 0.1) is 41.2 Å². The van der Waals surface area contributed by atoms with Gasteiger partial charge in [-0.25, -0.2) is 8.78 Å². The van der Waals surface area contributed by atoms with E-state index in [1.165, 1.54) is 12.1 Å². The molecule has 0 heterocycles. The molecular weight excluding hydrogens is 350 g/mol.